The molecule has 5 fully saturated rings. The van der Waals surface area contributed by atoms with Crippen LogP contribution in [0.2, 0.25) is 0 Å². The van der Waals surface area contributed by atoms with Crippen LogP contribution in [0.25, 0.3) is 10.2 Å². The van der Waals surface area contributed by atoms with Gasteiger partial charge in [-0.1, -0.05) is 11.3 Å². The van der Waals surface area contributed by atoms with Crippen molar-refractivity contribution in [2.45, 2.75) is 43.4 Å². The number of piperazine rings is 1. The van der Waals surface area contributed by atoms with Crippen molar-refractivity contribution in [1.82, 2.24) is 14.2 Å². The Bertz CT molecular complexity index is 1130. The summed E-state index contributed by atoms with van der Waals surface area (Å²) in [7, 11) is -1.52. The van der Waals surface area contributed by atoms with Crippen LogP contribution in [0.1, 0.15) is 38.5 Å². The number of carbonyl (C=O) groups excluding carboxylic acids is 1. The van der Waals surface area contributed by atoms with E-state index in [1.54, 1.807) is 22.5 Å². The van der Waals surface area contributed by atoms with Gasteiger partial charge in [0.15, 0.2) is 5.13 Å². The molecule has 1 aromatic heterocycles. The zero-order chi connectivity index (χ0) is 22.1. The molecule has 4 aliphatic carbocycles. The lowest BCUT2D eigenvalue weighted by atomic mass is 9.49. The Kier molecular flexibility index (Phi) is 4.91. The average molecular weight is 475 g/mol. The number of fused-ring (bicyclic) bond motifs is 1. The highest BCUT2D eigenvalue weighted by Gasteiger charge is 2.54. The highest BCUT2D eigenvalue weighted by molar-refractivity contribution is 7.89. The molecule has 0 spiro atoms. The number of amides is 1. The van der Waals surface area contributed by atoms with Gasteiger partial charge in [0, 0.05) is 26.2 Å². The Labute approximate surface area is 193 Å². The molecule has 9 heteroatoms. The molecule has 1 aliphatic heterocycles. The lowest BCUT2D eigenvalue weighted by Crippen LogP contribution is -2.51. The molecule has 32 heavy (non-hydrogen) atoms. The van der Waals surface area contributed by atoms with Crippen molar-refractivity contribution in [3.05, 3.63) is 18.2 Å². The van der Waals surface area contributed by atoms with Crippen LogP contribution < -0.4 is 5.32 Å². The summed E-state index contributed by atoms with van der Waals surface area (Å²) < 4.78 is 28.6. The summed E-state index contributed by atoms with van der Waals surface area (Å²) in [6.45, 7) is 2.49. The fourth-order valence-corrected chi connectivity index (χ4v) is 9.34. The van der Waals surface area contributed by atoms with Crippen molar-refractivity contribution in [1.29, 1.82) is 0 Å². The molecule has 2 heterocycles. The quantitative estimate of drug-likeness (QED) is 0.735. The minimum absolute atomic E-state index is 0.126. The van der Waals surface area contributed by atoms with Gasteiger partial charge in [-0.25, -0.2) is 13.4 Å². The lowest BCUT2D eigenvalue weighted by Gasteiger charge is -2.55. The summed E-state index contributed by atoms with van der Waals surface area (Å²) in [6, 6.07) is 5.11. The lowest BCUT2D eigenvalue weighted by molar-refractivity contribution is -0.140. The maximum atomic E-state index is 13.4. The van der Waals surface area contributed by atoms with E-state index in [-0.39, 0.29) is 11.3 Å². The first kappa shape index (κ1) is 21.0. The number of thiazole rings is 1. The first-order valence-electron chi connectivity index (χ1n) is 11.7. The number of sulfonamides is 1. The fraction of sp³-hybridized carbons (Fsp3) is 0.652. The number of likely N-dealkylation sites (N-methyl/N-ethyl adjacent to an activating group) is 1. The number of hydrogen-bond donors (Lipinski definition) is 1. The topological polar surface area (TPSA) is 82.6 Å². The minimum atomic E-state index is -3.52. The largest absolute Gasteiger partial charge is 0.304 e. The Morgan fingerprint density at radius 2 is 1.69 bits per heavy atom. The van der Waals surface area contributed by atoms with E-state index in [2.05, 4.69) is 15.2 Å². The van der Waals surface area contributed by atoms with Gasteiger partial charge in [-0.3, -0.25) is 4.79 Å². The third-order valence-electron chi connectivity index (χ3n) is 8.20. The number of rotatable bonds is 4. The molecular weight excluding hydrogens is 444 g/mol. The molecule has 1 aromatic carbocycles. The third kappa shape index (κ3) is 3.48. The maximum Gasteiger partial charge on any atom is 0.243 e. The van der Waals surface area contributed by atoms with Crippen LogP contribution in [-0.4, -0.2) is 61.7 Å². The molecule has 1 amide bonds. The third-order valence-corrected chi connectivity index (χ3v) is 11.0. The van der Waals surface area contributed by atoms with E-state index in [1.165, 1.54) is 30.6 Å². The maximum absolute atomic E-state index is 13.4. The van der Waals surface area contributed by atoms with Crippen LogP contribution in [0.4, 0.5) is 5.13 Å². The normalized spacial score (nSPS) is 33.1. The van der Waals surface area contributed by atoms with Gasteiger partial charge < -0.3 is 10.2 Å². The number of aromatic nitrogens is 1. The van der Waals surface area contributed by atoms with E-state index in [9.17, 15) is 13.2 Å². The second-order valence-corrected chi connectivity index (χ2v) is 13.5. The molecule has 4 bridgehead atoms. The summed E-state index contributed by atoms with van der Waals surface area (Å²) in [6.07, 6.45) is 6.96. The van der Waals surface area contributed by atoms with Crippen molar-refractivity contribution in [2.24, 2.45) is 23.2 Å². The van der Waals surface area contributed by atoms with Crippen LogP contribution in [0.5, 0.6) is 0 Å². The van der Waals surface area contributed by atoms with E-state index in [0.717, 1.165) is 42.6 Å². The summed E-state index contributed by atoms with van der Waals surface area (Å²) in [5.74, 6) is 2.26. The van der Waals surface area contributed by atoms with Crippen molar-refractivity contribution in [2.75, 3.05) is 38.5 Å². The molecule has 0 atom stereocenters. The van der Waals surface area contributed by atoms with E-state index < -0.39 is 10.0 Å². The molecule has 0 unspecified atom stereocenters. The van der Waals surface area contributed by atoms with Gasteiger partial charge in [0.1, 0.15) is 0 Å². The summed E-state index contributed by atoms with van der Waals surface area (Å²) in [5.41, 5.74) is 0.510. The van der Waals surface area contributed by atoms with Crippen molar-refractivity contribution < 1.29 is 13.2 Å². The molecule has 7 nitrogen and oxygen atoms in total. The van der Waals surface area contributed by atoms with Crippen molar-refractivity contribution >= 4 is 42.6 Å². The van der Waals surface area contributed by atoms with Crippen LogP contribution in [0.3, 0.4) is 0 Å². The molecule has 4 saturated carbocycles. The molecule has 2 aromatic rings. The van der Waals surface area contributed by atoms with Gasteiger partial charge in [0.05, 0.1) is 20.5 Å². The Morgan fingerprint density at radius 3 is 2.31 bits per heavy atom. The average Bonchev–Trinajstić information content (AvgIpc) is 3.14. The summed E-state index contributed by atoms with van der Waals surface area (Å²) >= 11 is 1.37. The number of benzene rings is 1. The predicted octanol–water partition coefficient (Wildman–Crippen LogP) is 3.39. The highest BCUT2D eigenvalue weighted by Crippen LogP contribution is 2.60. The van der Waals surface area contributed by atoms with Gasteiger partial charge in [0.25, 0.3) is 0 Å². The molecule has 172 valence electrons. The zero-order valence-corrected chi connectivity index (χ0v) is 20.1. The molecule has 1 saturated heterocycles. The van der Waals surface area contributed by atoms with Crippen LogP contribution >= 0.6 is 11.3 Å². The fourth-order valence-electron chi connectivity index (χ4n) is 6.91. The van der Waals surface area contributed by atoms with E-state index in [4.69, 9.17) is 0 Å². The van der Waals surface area contributed by atoms with Crippen LogP contribution in [0.15, 0.2) is 23.1 Å². The molecule has 5 aliphatic rings. The predicted molar refractivity (Wildman–Crippen MR) is 125 cm³/mol. The standard InChI is InChI=1S/C23H30N4O3S2/c1-26-4-6-27(7-5-26)32(29,30)18-2-3-19-20(11-18)31-22(24-19)25-21(28)23-12-15-8-16(13-23)10-17(9-15)14-23/h2-3,11,15-17H,4-10,12-14H2,1H3,(H,24,25,28). The second-order valence-electron chi connectivity index (χ2n) is 10.5. The molecule has 7 rings (SSSR count). The van der Waals surface area contributed by atoms with Crippen LogP contribution in [-0.2, 0) is 14.8 Å². The van der Waals surface area contributed by atoms with E-state index >= 15 is 0 Å². The number of hydrogen-bond acceptors (Lipinski definition) is 6. The number of carbonyl (C=O) groups is 1. The Balaban J connectivity index is 1.22. The smallest absolute Gasteiger partial charge is 0.243 e. The molecule has 1 N–H and O–H groups in total. The second kappa shape index (κ2) is 7.48. The number of nitrogens with zero attached hydrogens (tertiary/aromatic N) is 3. The highest BCUT2D eigenvalue weighted by atomic mass is 32.2. The minimum Gasteiger partial charge on any atom is -0.304 e. The zero-order valence-electron chi connectivity index (χ0n) is 18.4. The Hall–Kier alpha value is -1.55. The molecular formula is C23H30N4O3S2. The summed E-state index contributed by atoms with van der Waals surface area (Å²) in [4.78, 5) is 20.4. The summed E-state index contributed by atoms with van der Waals surface area (Å²) in [5, 5.41) is 3.70. The monoisotopic (exact) mass is 474 g/mol. The van der Waals surface area contributed by atoms with Gasteiger partial charge in [-0.15, -0.1) is 0 Å². The van der Waals surface area contributed by atoms with E-state index in [0.29, 0.717) is 40.9 Å². The van der Waals surface area contributed by atoms with Gasteiger partial charge in [-0.05, 0) is 81.5 Å². The van der Waals surface area contributed by atoms with Crippen molar-refractivity contribution in [3.8, 4) is 0 Å². The first-order valence-corrected chi connectivity index (χ1v) is 14.0. The number of anilines is 1. The van der Waals surface area contributed by atoms with Gasteiger partial charge >= 0.3 is 0 Å². The Morgan fingerprint density at radius 1 is 1.06 bits per heavy atom. The van der Waals surface area contributed by atoms with Gasteiger partial charge in [-0.2, -0.15) is 4.31 Å². The van der Waals surface area contributed by atoms with Gasteiger partial charge in [0.2, 0.25) is 15.9 Å². The number of nitrogens with one attached hydrogen (secondary N) is 1. The van der Waals surface area contributed by atoms with E-state index in [1.807, 2.05) is 7.05 Å². The molecule has 0 radical (unpaired) electrons. The first-order chi connectivity index (χ1) is 15.3. The van der Waals surface area contributed by atoms with Crippen LogP contribution in [0, 0.1) is 23.2 Å². The van der Waals surface area contributed by atoms with Crippen molar-refractivity contribution in [3.63, 3.8) is 0 Å². The SMILES string of the molecule is CN1CCN(S(=O)(=O)c2ccc3nc(NC(=O)C45CC6CC(CC(C6)C4)C5)sc3c2)CC1.